The first-order valence-corrected chi connectivity index (χ1v) is 4.23. The quantitative estimate of drug-likeness (QED) is 0.585. The zero-order valence-corrected chi connectivity index (χ0v) is 7.74. The molecule has 0 spiro atoms. The molecule has 74 valence electrons. The van der Waals surface area contributed by atoms with Crippen LogP contribution in [-0.4, -0.2) is 34.2 Å². The minimum Gasteiger partial charge on any atom is -0.499 e. The molecule has 1 unspecified atom stereocenters. The Kier molecular flexibility index (Phi) is 2.65. The van der Waals surface area contributed by atoms with Gasteiger partial charge in [-0.05, 0) is 6.42 Å². The van der Waals surface area contributed by atoms with Crippen LogP contribution >= 0.6 is 0 Å². The highest BCUT2D eigenvalue weighted by atomic mass is 16.3. The normalized spacial score (nSPS) is 23.4. The third-order valence-electron chi connectivity index (χ3n) is 2.09. The van der Waals surface area contributed by atoms with Crippen molar-refractivity contribution in [3.8, 4) is 0 Å². The lowest BCUT2D eigenvalue weighted by atomic mass is 10.2. The predicted molar refractivity (Wildman–Crippen MR) is 46.9 cm³/mol. The number of hydrogen-bond acceptors (Lipinski definition) is 4. The van der Waals surface area contributed by atoms with Crippen molar-refractivity contribution in [2.24, 2.45) is 0 Å². The summed E-state index contributed by atoms with van der Waals surface area (Å²) in [6.07, 6.45) is 1.40. The lowest BCUT2D eigenvalue weighted by Crippen LogP contribution is -2.51. The van der Waals surface area contributed by atoms with Gasteiger partial charge in [0.15, 0.2) is 0 Å². The summed E-state index contributed by atoms with van der Waals surface area (Å²) in [6.45, 7) is 1.98. The summed E-state index contributed by atoms with van der Waals surface area (Å²) in [5.74, 6) is -1.59. The molecule has 13 heavy (non-hydrogen) atoms. The summed E-state index contributed by atoms with van der Waals surface area (Å²) < 4.78 is 0. The fourth-order valence-corrected chi connectivity index (χ4v) is 1.27. The van der Waals surface area contributed by atoms with Crippen LogP contribution in [0.2, 0.25) is 0 Å². The standard InChI is InChI=1S/C8H14N2O3/c1-3-4-5-9-7(12)6(11)8(13)10(5)2/h5,11,13H,3-4H2,1-2H3,(H,9,12). The van der Waals surface area contributed by atoms with E-state index in [2.05, 4.69) is 5.32 Å². The summed E-state index contributed by atoms with van der Waals surface area (Å²) in [4.78, 5) is 12.5. The average molecular weight is 186 g/mol. The largest absolute Gasteiger partial charge is 0.499 e. The summed E-state index contributed by atoms with van der Waals surface area (Å²) in [7, 11) is 1.62. The van der Waals surface area contributed by atoms with Gasteiger partial charge in [-0.3, -0.25) is 4.79 Å². The van der Waals surface area contributed by atoms with Gasteiger partial charge < -0.3 is 20.4 Å². The molecule has 0 saturated heterocycles. The fraction of sp³-hybridized carbons (Fsp3) is 0.625. The van der Waals surface area contributed by atoms with E-state index < -0.39 is 11.7 Å². The maximum Gasteiger partial charge on any atom is 0.293 e. The van der Waals surface area contributed by atoms with Crippen molar-refractivity contribution in [2.45, 2.75) is 25.9 Å². The molecule has 0 aliphatic carbocycles. The molecule has 1 heterocycles. The molecule has 1 atom stereocenters. The molecule has 1 aliphatic rings. The van der Waals surface area contributed by atoms with Crippen LogP contribution in [0.15, 0.2) is 11.6 Å². The number of aliphatic hydroxyl groups is 2. The Morgan fingerprint density at radius 2 is 2.15 bits per heavy atom. The molecule has 0 aromatic heterocycles. The van der Waals surface area contributed by atoms with Crippen LogP contribution in [0.5, 0.6) is 0 Å². The van der Waals surface area contributed by atoms with Gasteiger partial charge in [0.2, 0.25) is 11.6 Å². The van der Waals surface area contributed by atoms with Gasteiger partial charge in [-0.1, -0.05) is 13.3 Å². The topological polar surface area (TPSA) is 72.8 Å². The highest BCUT2D eigenvalue weighted by molar-refractivity contribution is 5.92. The zero-order chi connectivity index (χ0) is 10.0. The average Bonchev–Trinajstić information content (AvgIpc) is 2.11. The van der Waals surface area contributed by atoms with Gasteiger partial charge in [0, 0.05) is 7.05 Å². The second-order valence-corrected chi connectivity index (χ2v) is 3.06. The van der Waals surface area contributed by atoms with Crippen LogP contribution in [-0.2, 0) is 4.79 Å². The molecule has 0 bridgehead atoms. The Hall–Kier alpha value is -1.39. The maximum absolute atomic E-state index is 11.0. The number of carbonyl (C=O) groups is 1. The molecular formula is C8H14N2O3. The molecule has 1 aliphatic heterocycles. The van der Waals surface area contributed by atoms with E-state index in [4.69, 9.17) is 5.11 Å². The Labute approximate surface area is 76.7 Å². The van der Waals surface area contributed by atoms with Gasteiger partial charge in [0.05, 0.1) is 0 Å². The van der Waals surface area contributed by atoms with Crippen LogP contribution in [0.25, 0.3) is 0 Å². The first kappa shape index (κ1) is 9.70. The summed E-state index contributed by atoms with van der Waals surface area (Å²) >= 11 is 0. The summed E-state index contributed by atoms with van der Waals surface area (Å²) in [6, 6.07) is 0. The van der Waals surface area contributed by atoms with E-state index in [1.165, 1.54) is 4.90 Å². The van der Waals surface area contributed by atoms with E-state index in [0.717, 1.165) is 12.8 Å². The van der Waals surface area contributed by atoms with Crippen LogP contribution < -0.4 is 5.32 Å². The lowest BCUT2D eigenvalue weighted by molar-refractivity contribution is -0.124. The SMILES string of the molecule is CCCC1NC(=O)C(O)=C(O)N1C. The zero-order valence-electron chi connectivity index (χ0n) is 7.74. The van der Waals surface area contributed by atoms with Gasteiger partial charge in [0.1, 0.15) is 6.17 Å². The van der Waals surface area contributed by atoms with Crippen molar-refractivity contribution < 1.29 is 15.0 Å². The first-order valence-electron chi connectivity index (χ1n) is 4.23. The van der Waals surface area contributed by atoms with Crippen molar-refractivity contribution in [1.82, 2.24) is 10.2 Å². The Bertz CT molecular complexity index is 250. The van der Waals surface area contributed by atoms with E-state index in [1.807, 2.05) is 6.92 Å². The smallest absolute Gasteiger partial charge is 0.293 e. The molecule has 0 aromatic carbocycles. The van der Waals surface area contributed by atoms with E-state index in [0.29, 0.717) is 0 Å². The fourth-order valence-electron chi connectivity index (χ4n) is 1.27. The van der Waals surface area contributed by atoms with Crippen LogP contribution in [0.3, 0.4) is 0 Å². The van der Waals surface area contributed by atoms with Crippen LogP contribution in [0.4, 0.5) is 0 Å². The van der Waals surface area contributed by atoms with Crippen molar-refractivity contribution >= 4 is 5.91 Å². The molecular weight excluding hydrogens is 172 g/mol. The number of rotatable bonds is 2. The van der Waals surface area contributed by atoms with Gasteiger partial charge in [0.25, 0.3) is 5.91 Å². The third-order valence-corrected chi connectivity index (χ3v) is 2.09. The van der Waals surface area contributed by atoms with E-state index in [1.54, 1.807) is 7.05 Å². The van der Waals surface area contributed by atoms with Crippen molar-refractivity contribution in [3.05, 3.63) is 11.6 Å². The molecule has 0 fully saturated rings. The minimum atomic E-state index is -0.617. The molecule has 5 nitrogen and oxygen atoms in total. The molecule has 5 heteroatoms. The summed E-state index contributed by atoms with van der Waals surface area (Å²) in [5.41, 5.74) is 0. The number of nitrogens with zero attached hydrogens (tertiary/aromatic N) is 1. The molecule has 1 amide bonds. The Morgan fingerprint density at radius 3 is 2.69 bits per heavy atom. The summed E-state index contributed by atoms with van der Waals surface area (Å²) in [5, 5.41) is 21.0. The first-order chi connectivity index (χ1) is 6.07. The number of aliphatic hydroxyl groups excluding tert-OH is 2. The number of hydrogen-bond donors (Lipinski definition) is 3. The van der Waals surface area contributed by atoms with Crippen molar-refractivity contribution in [2.75, 3.05) is 7.05 Å². The highest BCUT2D eigenvalue weighted by Gasteiger charge is 2.29. The second kappa shape index (κ2) is 3.55. The number of carbonyl (C=O) groups excluding carboxylic acids is 1. The van der Waals surface area contributed by atoms with E-state index >= 15 is 0 Å². The van der Waals surface area contributed by atoms with E-state index in [-0.39, 0.29) is 12.0 Å². The Balaban J connectivity index is 2.83. The van der Waals surface area contributed by atoms with Gasteiger partial charge in [-0.2, -0.15) is 0 Å². The molecule has 1 rings (SSSR count). The molecule has 0 saturated carbocycles. The van der Waals surface area contributed by atoms with Crippen LogP contribution in [0, 0.1) is 0 Å². The van der Waals surface area contributed by atoms with Gasteiger partial charge >= 0.3 is 0 Å². The lowest BCUT2D eigenvalue weighted by Gasteiger charge is -2.33. The monoisotopic (exact) mass is 186 g/mol. The molecule has 0 aromatic rings. The molecule has 0 radical (unpaired) electrons. The number of amides is 1. The van der Waals surface area contributed by atoms with Crippen LogP contribution in [0.1, 0.15) is 19.8 Å². The third kappa shape index (κ3) is 1.68. The number of nitrogens with one attached hydrogen (secondary N) is 1. The second-order valence-electron chi connectivity index (χ2n) is 3.06. The van der Waals surface area contributed by atoms with Crippen molar-refractivity contribution in [3.63, 3.8) is 0 Å². The van der Waals surface area contributed by atoms with E-state index in [9.17, 15) is 9.90 Å². The van der Waals surface area contributed by atoms with Crippen molar-refractivity contribution in [1.29, 1.82) is 0 Å². The Morgan fingerprint density at radius 1 is 1.54 bits per heavy atom. The predicted octanol–water partition coefficient (Wildman–Crippen LogP) is 0.459. The maximum atomic E-state index is 11.0. The van der Waals surface area contributed by atoms with Gasteiger partial charge in [-0.25, -0.2) is 0 Å². The highest BCUT2D eigenvalue weighted by Crippen LogP contribution is 2.15. The molecule has 3 N–H and O–H groups in total. The van der Waals surface area contributed by atoms with Gasteiger partial charge in [-0.15, -0.1) is 0 Å². The minimum absolute atomic E-state index is 0.228.